The number of halogens is 1. The SMILES string of the molecule is CCOC(=O)CC(C(=O)c1ccc(F)cc1)N(C)CCC(=O)O. The molecule has 0 aliphatic heterocycles. The highest BCUT2D eigenvalue weighted by atomic mass is 19.1. The first-order chi connectivity index (χ1) is 10.8. The third-order valence-corrected chi connectivity index (χ3v) is 3.31. The van der Waals surface area contributed by atoms with Crippen molar-refractivity contribution in [2.75, 3.05) is 20.2 Å². The third kappa shape index (κ3) is 6.15. The van der Waals surface area contributed by atoms with Gasteiger partial charge in [0.1, 0.15) is 5.82 Å². The van der Waals surface area contributed by atoms with Crippen molar-refractivity contribution in [2.24, 2.45) is 0 Å². The van der Waals surface area contributed by atoms with Gasteiger partial charge in [0, 0.05) is 12.1 Å². The van der Waals surface area contributed by atoms with Gasteiger partial charge in [-0.25, -0.2) is 4.39 Å². The Morgan fingerprint density at radius 2 is 1.87 bits per heavy atom. The Kier molecular flexibility index (Phi) is 7.34. The maximum absolute atomic E-state index is 13.0. The number of benzene rings is 1. The van der Waals surface area contributed by atoms with E-state index < -0.39 is 23.8 Å². The van der Waals surface area contributed by atoms with E-state index in [-0.39, 0.29) is 37.3 Å². The quantitative estimate of drug-likeness (QED) is 0.550. The molecular formula is C16H20FNO5. The van der Waals surface area contributed by atoms with Crippen molar-refractivity contribution in [1.29, 1.82) is 0 Å². The van der Waals surface area contributed by atoms with Gasteiger partial charge in [0.25, 0.3) is 0 Å². The second-order valence-corrected chi connectivity index (χ2v) is 5.02. The lowest BCUT2D eigenvalue weighted by molar-refractivity contribution is -0.144. The zero-order valence-electron chi connectivity index (χ0n) is 13.1. The first-order valence-electron chi connectivity index (χ1n) is 7.22. The van der Waals surface area contributed by atoms with Gasteiger partial charge in [-0.2, -0.15) is 0 Å². The molecule has 0 amide bonds. The number of aliphatic carboxylic acids is 1. The Hall–Kier alpha value is -2.28. The number of nitrogens with zero attached hydrogens (tertiary/aromatic N) is 1. The first kappa shape index (κ1) is 18.8. The van der Waals surface area contributed by atoms with Crippen molar-refractivity contribution in [3.63, 3.8) is 0 Å². The van der Waals surface area contributed by atoms with Gasteiger partial charge in [0.2, 0.25) is 0 Å². The molecule has 23 heavy (non-hydrogen) atoms. The summed E-state index contributed by atoms with van der Waals surface area (Å²) in [6, 6.07) is 4.12. The highest BCUT2D eigenvalue weighted by Gasteiger charge is 2.28. The number of carboxylic acid groups (broad SMARTS) is 1. The summed E-state index contributed by atoms with van der Waals surface area (Å²) in [6.07, 6.45) is -0.354. The second-order valence-electron chi connectivity index (χ2n) is 5.02. The fourth-order valence-electron chi connectivity index (χ4n) is 2.06. The Balaban J connectivity index is 2.92. The molecule has 7 heteroatoms. The van der Waals surface area contributed by atoms with E-state index in [0.717, 1.165) is 12.1 Å². The van der Waals surface area contributed by atoms with Crippen molar-refractivity contribution in [3.8, 4) is 0 Å². The van der Waals surface area contributed by atoms with E-state index in [1.54, 1.807) is 14.0 Å². The van der Waals surface area contributed by atoms with Crippen molar-refractivity contribution in [1.82, 2.24) is 4.90 Å². The molecule has 0 aromatic heterocycles. The summed E-state index contributed by atoms with van der Waals surface area (Å²) in [4.78, 5) is 36.5. The number of esters is 1. The number of ether oxygens (including phenoxy) is 1. The minimum atomic E-state index is -0.999. The van der Waals surface area contributed by atoms with Crippen molar-refractivity contribution < 1.29 is 28.6 Å². The van der Waals surface area contributed by atoms with E-state index in [1.807, 2.05) is 0 Å². The fraction of sp³-hybridized carbons (Fsp3) is 0.438. The zero-order valence-corrected chi connectivity index (χ0v) is 13.1. The molecule has 1 N–H and O–H groups in total. The summed E-state index contributed by atoms with van der Waals surface area (Å²) >= 11 is 0. The lowest BCUT2D eigenvalue weighted by Gasteiger charge is -2.25. The van der Waals surface area contributed by atoms with Crippen LogP contribution in [0, 0.1) is 5.82 Å². The average molecular weight is 325 g/mol. The molecule has 0 heterocycles. The Morgan fingerprint density at radius 3 is 2.39 bits per heavy atom. The lowest BCUT2D eigenvalue weighted by Crippen LogP contribution is -2.41. The minimum Gasteiger partial charge on any atom is -0.481 e. The molecule has 6 nitrogen and oxygen atoms in total. The largest absolute Gasteiger partial charge is 0.481 e. The van der Waals surface area contributed by atoms with Crippen LogP contribution in [0.4, 0.5) is 4.39 Å². The fourth-order valence-corrected chi connectivity index (χ4v) is 2.06. The molecule has 0 fully saturated rings. The van der Waals surface area contributed by atoms with Gasteiger partial charge < -0.3 is 9.84 Å². The van der Waals surface area contributed by atoms with E-state index in [9.17, 15) is 18.8 Å². The van der Waals surface area contributed by atoms with Gasteiger partial charge in [-0.3, -0.25) is 19.3 Å². The predicted molar refractivity (Wildman–Crippen MR) is 80.7 cm³/mol. The zero-order chi connectivity index (χ0) is 17.4. The molecule has 1 aromatic carbocycles. The molecule has 0 radical (unpaired) electrons. The van der Waals surface area contributed by atoms with Crippen LogP contribution in [0.15, 0.2) is 24.3 Å². The predicted octanol–water partition coefficient (Wildman–Crippen LogP) is 1.74. The second kappa shape index (κ2) is 8.99. The van der Waals surface area contributed by atoms with Crippen LogP contribution in [0.25, 0.3) is 0 Å². The summed E-state index contributed by atoms with van der Waals surface area (Å²) in [6.45, 7) is 1.95. The summed E-state index contributed by atoms with van der Waals surface area (Å²) < 4.78 is 17.8. The normalized spacial score (nSPS) is 12.0. The van der Waals surface area contributed by atoms with Crippen molar-refractivity contribution >= 4 is 17.7 Å². The van der Waals surface area contributed by atoms with Gasteiger partial charge in [-0.1, -0.05) is 0 Å². The van der Waals surface area contributed by atoms with Crippen LogP contribution in [-0.2, 0) is 14.3 Å². The van der Waals surface area contributed by atoms with Gasteiger partial charge in [-0.15, -0.1) is 0 Å². The smallest absolute Gasteiger partial charge is 0.307 e. The topological polar surface area (TPSA) is 83.9 Å². The number of rotatable bonds is 9. The molecule has 0 bridgehead atoms. The molecule has 1 aromatic rings. The van der Waals surface area contributed by atoms with Crippen LogP contribution in [0.1, 0.15) is 30.1 Å². The summed E-state index contributed by atoms with van der Waals surface area (Å²) in [5, 5.41) is 8.75. The monoisotopic (exact) mass is 325 g/mol. The number of Topliss-reactive ketones (excluding diaryl/α,β-unsaturated/α-hetero) is 1. The molecule has 0 aliphatic rings. The van der Waals surface area contributed by atoms with E-state index in [0.29, 0.717) is 0 Å². The third-order valence-electron chi connectivity index (χ3n) is 3.31. The van der Waals surface area contributed by atoms with Gasteiger partial charge in [0.05, 0.1) is 25.5 Å². The van der Waals surface area contributed by atoms with Gasteiger partial charge in [-0.05, 0) is 38.2 Å². The molecular weight excluding hydrogens is 305 g/mol. The van der Waals surface area contributed by atoms with Crippen molar-refractivity contribution in [3.05, 3.63) is 35.6 Å². The highest BCUT2D eigenvalue weighted by molar-refractivity contribution is 6.01. The molecule has 0 saturated carbocycles. The molecule has 1 unspecified atom stereocenters. The van der Waals surface area contributed by atoms with Crippen LogP contribution in [0.5, 0.6) is 0 Å². The Morgan fingerprint density at radius 1 is 1.26 bits per heavy atom. The number of hydrogen-bond acceptors (Lipinski definition) is 5. The average Bonchev–Trinajstić information content (AvgIpc) is 2.50. The summed E-state index contributed by atoms with van der Waals surface area (Å²) in [5.41, 5.74) is 0.253. The molecule has 0 saturated heterocycles. The number of carbonyl (C=O) groups is 3. The molecule has 1 rings (SSSR count). The van der Waals surface area contributed by atoms with E-state index in [2.05, 4.69) is 0 Å². The van der Waals surface area contributed by atoms with E-state index >= 15 is 0 Å². The maximum Gasteiger partial charge on any atom is 0.307 e. The number of ketones is 1. The number of hydrogen-bond donors (Lipinski definition) is 1. The summed E-state index contributed by atoms with van der Waals surface area (Å²) in [5.74, 6) is -2.40. The molecule has 0 spiro atoms. The number of likely N-dealkylation sites (N-methyl/N-ethyl adjacent to an activating group) is 1. The standard InChI is InChI=1S/C16H20FNO5/c1-3-23-15(21)10-13(18(2)9-8-14(19)20)16(22)11-4-6-12(17)7-5-11/h4-7,13H,3,8-10H2,1-2H3,(H,19,20). The summed E-state index contributed by atoms with van der Waals surface area (Å²) in [7, 11) is 1.56. The molecule has 126 valence electrons. The first-order valence-corrected chi connectivity index (χ1v) is 7.22. The Labute approximate surface area is 133 Å². The maximum atomic E-state index is 13.0. The van der Waals surface area contributed by atoms with Crippen molar-refractivity contribution in [2.45, 2.75) is 25.8 Å². The van der Waals surface area contributed by atoms with E-state index in [4.69, 9.17) is 9.84 Å². The lowest BCUT2D eigenvalue weighted by atomic mass is 10.00. The minimum absolute atomic E-state index is 0.104. The van der Waals surface area contributed by atoms with Crippen LogP contribution in [0.2, 0.25) is 0 Å². The highest BCUT2D eigenvalue weighted by Crippen LogP contribution is 2.14. The number of carbonyl (C=O) groups excluding carboxylic acids is 2. The van der Waals surface area contributed by atoms with Gasteiger partial charge >= 0.3 is 11.9 Å². The van der Waals surface area contributed by atoms with Crippen LogP contribution in [0.3, 0.4) is 0 Å². The van der Waals surface area contributed by atoms with Crippen LogP contribution < -0.4 is 0 Å². The molecule has 1 atom stereocenters. The van der Waals surface area contributed by atoms with E-state index in [1.165, 1.54) is 17.0 Å². The van der Waals surface area contributed by atoms with Crippen LogP contribution in [-0.4, -0.2) is 54.0 Å². The number of carboxylic acids is 1. The van der Waals surface area contributed by atoms with Gasteiger partial charge in [0.15, 0.2) is 5.78 Å². The molecule has 0 aliphatic carbocycles. The Bertz CT molecular complexity index is 558. The van der Waals surface area contributed by atoms with Crippen LogP contribution >= 0.6 is 0 Å².